The van der Waals surface area contributed by atoms with Gasteiger partial charge in [-0.25, -0.2) is 17.7 Å². The standard InChI is InChI=1S/C16H21N3O4S/c1-10-7-15-12(8-14(10)22-4)11(5-6-23-15)13-9-17-16(18-13)24(20,21)19(2)3/h7-9,11H,5-6H2,1-4H3,(H,17,18). The third-order valence-electron chi connectivity index (χ3n) is 4.24. The summed E-state index contributed by atoms with van der Waals surface area (Å²) < 4.78 is 36.7. The van der Waals surface area contributed by atoms with Gasteiger partial charge in [0.1, 0.15) is 11.5 Å². The van der Waals surface area contributed by atoms with Crippen LogP contribution in [-0.4, -0.2) is 50.5 Å². The monoisotopic (exact) mass is 351 g/mol. The molecule has 0 saturated carbocycles. The molecule has 1 aliphatic rings. The van der Waals surface area contributed by atoms with Gasteiger partial charge in [-0.1, -0.05) is 0 Å². The van der Waals surface area contributed by atoms with Gasteiger partial charge in [-0.3, -0.25) is 0 Å². The molecule has 0 radical (unpaired) electrons. The van der Waals surface area contributed by atoms with Crippen LogP contribution in [-0.2, 0) is 10.0 Å². The lowest BCUT2D eigenvalue weighted by Crippen LogP contribution is -2.23. The SMILES string of the molecule is COc1cc2c(cc1C)OCCC2c1cnc(S(=O)(=O)N(C)C)[nH]1. The zero-order chi connectivity index (χ0) is 17.5. The van der Waals surface area contributed by atoms with Crippen molar-refractivity contribution < 1.29 is 17.9 Å². The maximum atomic E-state index is 12.2. The lowest BCUT2D eigenvalue weighted by atomic mass is 9.89. The highest BCUT2D eigenvalue weighted by Crippen LogP contribution is 2.41. The summed E-state index contributed by atoms with van der Waals surface area (Å²) in [5.74, 6) is 1.57. The molecule has 24 heavy (non-hydrogen) atoms. The van der Waals surface area contributed by atoms with E-state index in [1.54, 1.807) is 13.3 Å². The molecule has 130 valence electrons. The molecule has 0 amide bonds. The fraction of sp³-hybridized carbons (Fsp3) is 0.438. The van der Waals surface area contributed by atoms with Crippen molar-refractivity contribution in [2.24, 2.45) is 0 Å². The molecule has 8 heteroatoms. The van der Waals surface area contributed by atoms with Crippen LogP contribution in [0.3, 0.4) is 0 Å². The number of fused-ring (bicyclic) bond motifs is 1. The Morgan fingerprint density at radius 2 is 2.12 bits per heavy atom. The smallest absolute Gasteiger partial charge is 0.276 e. The lowest BCUT2D eigenvalue weighted by Gasteiger charge is -2.26. The Morgan fingerprint density at radius 1 is 1.38 bits per heavy atom. The van der Waals surface area contributed by atoms with Gasteiger partial charge in [-0.2, -0.15) is 0 Å². The number of H-pyrrole nitrogens is 1. The molecule has 3 rings (SSSR count). The Kier molecular flexibility index (Phi) is 4.27. The van der Waals surface area contributed by atoms with Crippen molar-refractivity contribution >= 4 is 10.0 Å². The molecule has 0 spiro atoms. The van der Waals surface area contributed by atoms with Gasteiger partial charge in [0, 0.05) is 31.3 Å². The fourth-order valence-corrected chi connectivity index (χ4v) is 3.64. The third kappa shape index (κ3) is 2.76. The van der Waals surface area contributed by atoms with Crippen LogP contribution in [0.4, 0.5) is 0 Å². The van der Waals surface area contributed by atoms with Crippen LogP contribution >= 0.6 is 0 Å². The number of nitrogens with one attached hydrogen (secondary N) is 1. The number of aromatic amines is 1. The van der Waals surface area contributed by atoms with Crippen LogP contribution in [0.5, 0.6) is 11.5 Å². The number of methoxy groups -OCH3 is 1. The van der Waals surface area contributed by atoms with E-state index in [1.807, 2.05) is 19.1 Å². The van der Waals surface area contributed by atoms with Gasteiger partial charge in [0.2, 0.25) is 5.16 Å². The summed E-state index contributed by atoms with van der Waals surface area (Å²) in [6.07, 6.45) is 2.32. The van der Waals surface area contributed by atoms with E-state index in [4.69, 9.17) is 9.47 Å². The van der Waals surface area contributed by atoms with Crippen molar-refractivity contribution in [3.8, 4) is 11.5 Å². The molecule has 1 N–H and O–H groups in total. The average molecular weight is 351 g/mol. The number of aryl methyl sites for hydroxylation is 1. The summed E-state index contributed by atoms with van der Waals surface area (Å²) in [7, 11) is 1.01. The van der Waals surface area contributed by atoms with Crippen molar-refractivity contribution in [2.75, 3.05) is 27.8 Å². The van der Waals surface area contributed by atoms with Gasteiger partial charge in [-0.15, -0.1) is 0 Å². The highest BCUT2D eigenvalue weighted by molar-refractivity contribution is 7.88. The molecule has 0 fully saturated rings. The summed E-state index contributed by atoms with van der Waals surface area (Å²) in [6, 6.07) is 3.91. The van der Waals surface area contributed by atoms with E-state index in [1.165, 1.54) is 14.1 Å². The van der Waals surface area contributed by atoms with Gasteiger partial charge in [0.25, 0.3) is 10.0 Å². The van der Waals surface area contributed by atoms with E-state index in [9.17, 15) is 8.42 Å². The van der Waals surface area contributed by atoms with Crippen LogP contribution in [0.1, 0.15) is 29.2 Å². The predicted molar refractivity (Wildman–Crippen MR) is 89.1 cm³/mol. The first kappa shape index (κ1) is 16.8. The Hall–Kier alpha value is -2.06. The minimum Gasteiger partial charge on any atom is -0.496 e. The van der Waals surface area contributed by atoms with Gasteiger partial charge in [0.05, 0.1) is 19.9 Å². The molecule has 1 aromatic carbocycles. The first-order valence-corrected chi connectivity index (χ1v) is 9.07. The van der Waals surface area contributed by atoms with E-state index in [2.05, 4.69) is 9.97 Å². The molecule has 0 saturated heterocycles. The lowest BCUT2D eigenvalue weighted by molar-refractivity contribution is 0.274. The van der Waals surface area contributed by atoms with Gasteiger partial charge in [-0.05, 0) is 31.0 Å². The summed E-state index contributed by atoms with van der Waals surface area (Å²) in [5.41, 5.74) is 2.73. The van der Waals surface area contributed by atoms with Crippen molar-refractivity contribution in [2.45, 2.75) is 24.4 Å². The molecule has 0 bridgehead atoms. The van der Waals surface area contributed by atoms with Crippen LogP contribution in [0.25, 0.3) is 0 Å². The number of aromatic nitrogens is 2. The minimum atomic E-state index is -3.58. The Bertz CT molecular complexity index is 858. The van der Waals surface area contributed by atoms with E-state index in [0.717, 1.165) is 39.0 Å². The maximum absolute atomic E-state index is 12.2. The normalized spacial score (nSPS) is 17.5. The van der Waals surface area contributed by atoms with Crippen molar-refractivity contribution in [3.63, 3.8) is 0 Å². The number of hydrogen-bond donors (Lipinski definition) is 1. The molecule has 0 aliphatic carbocycles. The molecule has 1 aliphatic heterocycles. The molecule has 1 aromatic heterocycles. The molecule has 7 nitrogen and oxygen atoms in total. The number of nitrogens with zero attached hydrogens (tertiary/aromatic N) is 2. The predicted octanol–water partition coefficient (Wildman–Crippen LogP) is 1.89. The maximum Gasteiger partial charge on any atom is 0.276 e. The largest absolute Gasteiger partial charge is 0.496 e. The molecule has 2 aromatic rings. The summed E-state index contributed by atoms with van der Waals surface area (Å²) in [6.45, 7) is 2.53. The number of imidazole rings is 1. The van der Waals surface area contributed by atoms with Crippen LogP contribution in [0.15, 0.2) is 23.5 Å². The molecule has 1 atom stereocenters. The summed E-state index contributed by atoms with van der Waals surface area (Å²) >= 11 is 0. The van der Waals surface area contributed by atoms with Crippen LogP contribution in [0.2, 0.25) is 0 Å². The highest BCUT2D eigenvalue weighted by Gasteiger charge is 2.28. The Morgan fingerprint density at radius 3 is 2.79 bits per heavy atom. The van der Waals surface area contributed by atoms with Crippen molar-refractivity contribution in [1.29, 1.82) is 0 Å². The number of ether oxygens (including phenoxy) is 2. The van der Waals surface area contributed by atoms with E-state index < -0.39 is 10.0 Å². The molecular formula is C16H21N3O4S. The van der Waals surface area contributed by atoms with Gasteiger partial charge >= 0.3 is 0 Å². The first-order valence-electron chi connectivity index (χ1n) is 7.63. The first-order chi connectivity index (χ1) is 11.3. The number of rotatable bonds is 4. The second-order valence-electron chi connectivity index (χ2n) is 5.98. The Labute approximate surface area is 141 Å². The zero-order valence-corrected chi connectivity index (χ0v) is 15.0. The van der Waals surface area contributed by atoms with Crippen molar-refractivity contribution in [1.82, 2.24) is 14.3 Å². The van der Waals surface area contributed by atoms with E-state index in [-0.39, 0.29) is 11.1 Å². The van der Waals surface area contributed by atoms with Crippen molar-refractivity contribution in [3.05, 3.63) is 35.2 Å². The van der Waals surface area contributed by atoms with Gasteiger partial charge in [0.15, 0.2) is 0 Å². The molecular weight excluding hydrogens is 330 g/mol. The second kappa shape index (κ2) is 6.10. The minimum absolute atomic E-state index is 0.0122. The third-order valence-corrected chi connectivity index (χ3v) is 5.90. The van der Waals surface area contributed by atoms with Gasteiger partial charge < -0.3 is 14.5 Å². The summed E-state index contributed by atoms with van der Waals surface area (Å²) in [4.78, 5) is 7.02. The number of sulfonamides is 1. The molecule has 1 unspecified atom stereocenters. The number of benzene rings is 1. The quantitative estimate of drug-likeness (QED) is 0.909. The topological polar surface area (TPSA) is 84.5 Å². The zero-order valence-electron chi connectivity index (χ0n) is 14.2. The fourth-order valence-electron chi connectivity index (χ4n) is 2.86. The Balaban J connectivity index is 2.03. The highest BCUT2D eigenvalue weighted by atomic mass is 32.2. The van der Waals surface area contributed by atoms with Crippen LogP contribution < -0.4 is 9.47 Å². The summed E-state index contributed by atoms with van der Waals surface area (Å²) in [5, 5.41) is -0.0466. The second-order valence-corrected chi connectivity index (χ2v) is 8.05. The number of hydrogen-bond acceptors (Lipinski definition) is 5. The van der Waals surface area contributed by atoms with E-state index >= 15 is 0 Å². The molecule has 2 heterocycles. The average Bonchev–Trinajstić information content (AvgIpc) is 3.03. The van der Waals surface area contributed by atoms with Crippen LogP contribution in [0, 0.1) is 6.92 Å². The van der Waals surface area contributed by atoms with E-state index in [0.29, 0.717) is 6.61 Å².